The van der Waals surface area contributed by atoms with Gasteiger partial charge in [-0.3, -0.25) is 4.79 Å². The highest BCUT2D eigenvalue weighted by Crippen LogP contribution is 2.47. The van der Waals surface area contributed by atoms with Crippen LogP contribution < -0.4 is 5.32 Å². The maximum absolute atomic E-state index is 12.9. The summed E-state index contributed by atoms with van der Waals surface area (Å²) in [5, 5.41) is 3.11. The van der Waals surface area contributed by atoms with Gasteiger partial charge in [0, 0.05) is 27.2 Å². The molecule has 1 saturated heterocycles. The first-order chi connectivity index (χ1) is 13.2. The maximum atomic E-state index is 12.9. The highest BCUT2D eigenvalue weighted by Gasteiger charge is 2.43. The quantitative estimate of drug-likeness (QED) is 0.371. The van der Waals surface area contributed by atoms with Gasteiger partial charge in [-0.05, 0) is 42.4 Å². The zero-order valence-corrected chi connectivity index (χ0v) is 19.1. The summed E-state index contributed by atoms with van der Waals surface area (Å²) in [5.41, 5.74) is 0.169. The zero-order valence-electron chi connectivity index (χ0n) is 16.8. The third-order valence-electron chi connectivity index (χ3n) is 5.71. The molecule has 1 spiro atoms. The second-order valence-electron chi connectivity index (χ2n) is 8.00. The van der Waals surface area contributed by atoms with E-state index in [1.165, 1.54) is 30.2 Å². The fourth-order valence-electron chi connectivity index (χ4n) is 3.79. The highest BCUT2D eigenvalue weighted by molar-refractivity contribution is 14.0. The number of carbonyl (C=O) groups is 1. The van der Waals surface area contributed by atoms with Crippen LogP contribution in [0.15, 0.2) is 29.3 Å². The molecule has 29 heavy (non-hydrogen) atoms. The molecule has 1 N–H and O–H groups in total. The van der Waals surface area contributed by atoms with Crippen molar-refractivity contribution in [1.29, 1.82) is 0 Å². The van der Waals surface area contributed by atoms with Crippen LogP contribution in [0.2, 0.25) is 0 Å². The lowest BCUT2D eigenvalue weighted by Crippen LogP contribution is -2.45. The molecule has 0 bridgehead atoms. The minimum atomic E-state index is -4.37. The molecule has 1 heterocycles. The summed E-state index contributed by atoms with van der Waals surface area (Å²) in [5.74, 6) is 0.515. The Morgan fingerprint density at radius 2 is 2.00 bits per heavy atom. The summed E-state index contributed by atoms with van der Waals surface area (Å²) in [6.07, 6.45) is 0.391. The van der Waals surface area contributed by atoms with Gasteiger partial charge in [0.2, 0.25) is 5.91 Å². The van der Waals surface area contributed by atoms with Gasteiger partial charge >= 0.3 is 6.18 Å². The summed E-state index contributed by atoms with van der Waals surface area (Å²) in [6, 6.07) is 5.22. The molecule has 2 aliphatic rings. The summed E-state index contributed by atoms with van der Waals surface area (Å²) in [6.45, 7) is 1.98. The number of hydrogen-bond acceptors (Lipinski definition) is 2. The number of amides is 1. The number of aliphatic imine (C=N–C) groups is 1. The van der Waals surface area contributed by atoms with Crippen LogP contribution >= 0.6 is 24.0 Å². The van der Waals surface area contributed by atoms with Gasteiger partial charge < -0.3 is 15.1 Å². The Morgan fingerprint density at radius 3 is 2.55 bits per heavy atom. The second-order valence-corrected chi connectivity index (χ2v) is 8.00. The molecule has 0 aromatic heterocycles. The number of nitrogens with one attached hydrogen (secondary N) is 1. The van der Waals surface area contributed by atoms with Gasteiger partial charge in [0.25, 0.3) is 0 Å². The van der Waals surface area contributed by atoms with Gasteiger partial charge in [0.05, 0.1) is 18.7 Å². The molecule has 1 aliphatic heterocycles. The van der Waals surface area contributed by atoms with Crippen molar-refractivity contribution in [3.05, 3.63) is 35.4 Å². The summed E-state index contributed by atoms with van der Waals surface area (Å²) in [7, 11) is 3.37. The fraction of sp³-hybridized carbons (Fsp3) is 0.600. The van der Waals surface area contributed by atoms with E-state index in [0.717, 1.165) is 31.6 Å². The van der Waals surface area contributed by atoms with Crippen molar-refractivity contribution in [3.63, 3.8) is 0 Å². The van der Waals surface area contributed by atoms with Crippen LogP contribution in [0, 0.1) is 5.41 Å². The van der Waals surface area contributed by atoms with Gasteiger partial charge in [-0.2, -0.15) is 13.2 Å². The number of likely N-dealkylation sites (N-methyl/N-ethyl adjacent to an activating group) is 1. The van der Waals surface area contributed by atoms with E-state index < -0.39 is 11.7 Å². The molecule has 5 nitrogen and oxygen atoms in total. The van der Waals surface area contributed by atoms with Crippen molar-refractivity contribution in [2.24, 2.45) is 10.4 Å². The van der Waals surface area contributed by atoms with E-state index in [1.807, 2.05) is 0 Å². The molecule has 0 atom stereocenters. The molecule has 2 fully saturated rings. The first kappa shape index (κ1) is 23.8. The standard InChI is InChI=1S/C20H27F3N4O.HI/c1-26(2)17(28)13-25-18(27-10-9-19(14-27)7-4-8-19)24-12-15-5-3-6-16(11-15)20(21,22)23;/h3,5-6,11H,4,7-10,12-14H2,1-2H3,(H,24,25);1H. The van der Waals surface area contributed by atoms with Crippen LogP contribution in [0.1, 0.15) is 36.8 Å². The molecule has 9 heteroatoms. The highest BCUT2D eigenvalue weighted by atomic mass is 127. The van der Waals surface area contributed by atoms with E-state index in [0.29, 0.717) is 16.9 Å². The number of carbonyl (C=O) groups excluding carboxylic acids is 1. The SMILES string of the molecule is CN(C)C(=O)CNC(=NCc1cccc(C(F)(F)F)c1)N1CCC2(CCC2)C1.I. The first-order valence-corrected chi connectivity index (χ1v) is 9.58. The van der Waals surface area contributed by atoms with Gasteiger partial charge in [0.1, 0.15) is 0 Å². The molecule has 0 unspecified atom stereocenters. The van der Waals surface area contributed by atoms with Crippen molar-refractivity contribution in [1.82, 2.24) is 15.1 Å². The lowest BCUT2D eigenvalue weighted by molar-refractivity contribution is -0.137. The smallest absolute Gasteiger partial charge is 0.347 e. The molecule has 1 saturated carbocycles. The zero-order chi connectivity index (χ0) is 20.4. The molecule has 0 radical (unpaired) electrons. The predicted octanol–water partition coefficient (Wildman–Crippen LogP) is 3.73. The van der Waals surface area contributed by atoms with Crippen LogP contribution in [0.5, 0.6) is 0 Å². The predicted molar refractivity (Wildman–Crippen MR) is 117 cm³/mol. The van der Waals surface area contributed by atoms with Crippen LogP contribution in [0.4, 0.5) is 13.2 Å². The van der Waals surface area contributed by atoms with E-state index in [2.05, 4.69) is 15.2 Å². The van der Waals surface area contributed by atoms with Crippen LogP contribution in [-0.2, 0) is 17.5 Å². The average Bonchev–Trinajstić information content (AvgIpc) is 3.07. The van der Waals surface area contributed by atoms with Gasteiger partial charge in [0.15, 0.2) is 5.96 Å². The van der Waals surface area contributed by atoms with Gasteiger partial charge in [-0.15, -0.1) is 24.0 Å². The van der Waals surface area contributed by atoms with Crippen molar-refractivity contribution in [2.45, 2.75) is 38.4 Å². The Hall–Kier alpha value is -1.52. The fourth-order valence-corrected chi connectivity index (χ4v) is 3.79. The third-order valence-corrected chi connectivity index (χ3v) is 5.71. The van der Waals surface area contributed by atoms with Crippen molar-refractivity contribution in [3.8, 4) is 0 Å². The van der Waals surface area contributed by atoms with E-state index >= 15 is 0 Å². The van der Waals surface area contributed by atoms with Crippen molar-refractivity contribution < 1.29 is 18.0 Å². The summed E-state index contributed by atoms with van der Waals surface area (Å²) < 4.78 is 38.8. The van der Waals surface area contributed by atoms with E-state index in [1.54, 1.807) is 20.2 Å². The monoisotopic (exact) mass is 524 g/mol. The Bertz CT molecular complexity index is 747. The molecule has 1 amide bonds. The molecular weight excluding hydrogens is 496 g/mol. The third kappa shape index (κ3) is 5.99. The number of nitrogens with zero attached hydrogens (tertiary/aromatic N) is 3. The number of hydrogen-bond donors (Lipinski definition) is 1. The second kappa shape index (κ2) is 9.53. The number of likely N-dealkylation sites (tertiary alicyclic amines) is 1. The van der Waals surface area contributed by atoms with Crippen molar-refractivity contribution >= 4 is 35.8 Å². The average molecular weight is 524 g/mol. The minimum absolute atomic E-state index is 0. The Labute approximate surface area is 186 Å². The lowest BCUT2D eigenvalue weighted by Gasteiger charge is -2.38. The Morgan fingerprint density at radius 1 is 1.28 bits per heavy atom. The van der Waals surface area contributed by atoms with E-state index in [4.69, 9.17) is 0 Å². The van der Waals surface area contributed by atoms with Gasteiger partial charge in [-0.25, -0.2) is 4.99 Å². The lowest BCUT2D eigenvalue weighted by atomic mass is 9.68. The molecule has 162 valence electrons. The van der Waals surface area contributed by atoms with Crippen LogP contribution in [-0.4, -0.2) is 55.4 Å². The molecular formula is C20H28F3IN4O. The van der Waals surface area contributed by atoms with Crippen LogP contribution in [0.25, 0.3) is 0 Å². The number of alkyl halides is 3. The molecule has 1 aromatic rings. The number of guanidine groups is 1. The summed E-state index contributed by atoms with van der Waals surface area (Å²) in [4.78, 5) is 20.1. The summed E-state index contributed by atoms with van der Waals surface area (Å²) >= 11 is 0. The molecule has 1 aliphatic carbocycles. The topological polar surface area (TPSA) is 47.9 Å². The van der Waals surface area contributed by atoms with Gasteiger partial charge in [-0.1, -0.05) is 18.6 Å². The largest absolute Gasteiger partial charge is 0.416 e. The molecule has 1 aromatic carbocycles. The van der Waals surface area contributed by atoms with Crippen molar-refractivity contribution in [2.75, 3.05) is 33.7 Å². The maximum Gasteiger partial charge on any atom is 0.416 e. The van der Waals surface area contributed by atoms with E-state index in [9.17, 15) is 18.0 Å². The number of benzene rings is 1. The Kier molecular flexibility index (Phi) is 7.80. The molecule has 3 rings (SSSR count). The van der Waals surface area contributed by atoms with E-state index in [-0.39, 0.29) is 43.0 Å². The Balaban J connectivity index is 0.00000300. The first-order valence-electron chi connectivity index (χ1n) is 9.58. The minimum Gasteiger partial charge on any atom is -0.347 e. The number of rotatable bonds is 4. The van der Waals surface area contributed by atoms with Crippen LogP contribution in [0.3, 0.4) is 0 Å². The normalized spacial score (nSPS) is 18.2. The number of halogens is 4.